The summed E-state index contributed by atoms with van der Waals surface area (Å²) in [5.74, 6) is -1.26. The minimum atomic E-state index is -1.06. The Morgan fingerprint density at radius 2 is 1.77 bits per heavy atom. The van der Waals surface area contributed by atoms with Gasteiger partial charge in [0.2, 0.25) is 0 Å². The lowest BCUT2D eigenvalue weighted by atomic mass is 9.96. The van der Waals surface area contributed by atoms with E-state index in [9.17, 15) is 19.2 Å². The lowest BCUT2D eigenvalue weighted by molar-refractivity contribution is -0.121. The fraction of sp³-hybridized carbons (Fsp3) is 0.167. The van der Waals surface area contributed by atoms with Crippen LogP contribution in [0.1, 0.15) is 44.9 Å². The molecule has 0 fully saturated rings. The second-order valence-corrected chi connectivity index (χ2v) is 9.37. The van der Waals surface area contributed by atoms with Crippen LogP contribution in [-0.4, -0.2) is 39.3 Å². The summed E-state index contributed by atoms with van der Waals surface area (Å²) in [6.45, 7) is 1.42. The standard InChI is InChI=1S/C30H25ClN2O6/c1-18(34)23-11-10-21(31)14-24(23)25-16-29(36)33(17-28(25)39-2)26(15-22-5-3-4-12-32-22)27(35)13-19-6-8-20(9-7-19)30(37)38/h3-12,14,16-17,26H,13,15H2,1-2H3,(H,37,38)/t26-/m1/s1. The number of rotatable bonds is 10. The van der Waals surface area contributed by atoms with Crippen molar-refractivity contribution in [3.63, 3.8) is 0 Å². The number of aromatic nitrogens is 2. The first-order valence-electron chi connectivity index (χ1n) is 12.0. The number of hydrogen-bond acceptors (Lipinski definition) is 6. The van der Waals surface area contributed by atoms with Crippen LogP contribution in [-0.2, 0) is 17.6 Å². The Hall–Kier alpha value is -4.56. The van der Waals surface area contributed by atoms with Crippen LogP contribution in [0.3, 0.4) is 0 Å². The Labute approximate surface area is 229 Å². The number of methoxy groups -OCH3 is 1. The van der Waals surface area contributed by atoms with Gasteiger partial charge in [-0.2, -0.15) is 0 Å². The SMILES string of the molecule is COc1cn([C@H](Cc2ccccn2)C(=O)Cc2ccc(C(=O)O)cc2)c(=O)cc1-c1cc(Cl)ccc1C(C)=O. The third-order valence-corrected chi connectivity index (χ3v) is 6.57. The van der Waals surface area contributed by atoms with Crippen LogP contribution >= 0.6 is 11.6 Å². The summed E-state index contributed by atoms with van der Waals surface area (Å²) < 4.78 is 6.92. The van der Waals surface area contributed by atoms with Crippen molar-refractivity contribution in [3.05, 3.63) is 117 Å². The topological polar surface area (TPSA) is 116 Å². The Morgan fingerprint density at radius 3 is 2.38 bits per heavy atom. The van der Waals surface area contributed by atoms with Crippen molar-refractivity contribution in [2.75, 3.05) is 7.11 Å². The molecule has 0 spiro atoms. The number of carboxylic acids is 1. The van der Waals surface area contributed by atoms with E-state index < -0.39 is 17.6 Å². The van der Waals surface area contributed by atoms with Crippen molar-refractivity contribution in [3.8, 4) is 16.9 Å². The normalized spacial score (nSPS) is 11.6. The van der Waals surface area contributed by atoms with E-state index in [2.05, 4.69) is 4.98 Å². The average molecular weight is 545 g/mol. The number of benzene rings is 2. The van der Waals surface area contributed by atoms with Gasteiger partial charge in [-0.05, 0) is 60.5 Å². The van der Waals surface area contributed by atoms with Crippen molar-refractivity contribution >= 4 is 29.1 Å². The zero-order valence-electron chi connectivity index (χ0n) is 21.3. The first-order chi connectivity index (χ1) is 18.7. The highest BCUT2D eigenvalue weighted by Gasteiger charge is 2.25. The molecule has 0 saturated heterocycles. The summed E-state index contributed by atoms with van der Waals surface area (Å²) >= 11 is 6.20. The summed E-state index contributed by atoms with van der Waals surface area (Å²) in [6, 6.07) is 16.5. The number of ketones is 2. The number of Topliss-reactive ketones (excluding diaryl/α,β-unsaturated/α-hetero) is 2. The van der Waals surface area contributed by atoms with E-state index in [1.54, 1.807) is 54.7 Å². The molecule has 4 aromatic rings. The van der Waals surface area contributed by atoms with Crippen molar-refractivity contribution in [1.29, 1.82) is 0 Å². The molecule has 0 aliphatic carbocycles. The minimum absolute atomic E-state index is 0.0311. The van der Waals surface area contributed by atoms with Gasteiger partial charge in [-0.25, -0.2) is 4.79 Å². The molecule has 39 heavy (non-hydrogen) atoms. The molecule has 0 aliphatic rings. The molecule has 198 valence electrons. The highest BCUT2D eigenvalue weighted by Crippen LogP contribution is 2.34. The van der Waals surface area contributed by atoms with Gasteiger partial charge >= 0.3 is 5.97 Å². The number of hydrogen-bond donors (Lipinski definition) is 1. The molecule has 1 atom stereocenters. The first-order valence-corrected chi connectivity index (χ1v) is 12.4. The van der Waals surface area contributed by atoms with E-state index in [-0.39, 0.29) is 35.7 Å². The molecule has 0 radical (unpaired) electrons. The Kier molecular flexibility index (Phi) is 8.36. The molecule has 1 N–H and O–H groups in total. The predicted molar refractivity (Wildman–Crippen MR) is 147 cm³/mol. The van der Waals surface area contributed by atoms with E-state index in [1.807, 2.05) is 0 Å². The number of halogens is 1. The number of ether oxygens (including phenoxy) is 1. The fourth-order valence-corrected chi connectivity index (χ4v) is 4.53. The summed E-state index contributed by atoms with van der Waals surface area (Å²) in [5.41, 5.74) is 2.05. The third kappa shape index (κ3) is 6.30. The predicted octanol–water partition coefficient (Wildman–Crippen LogP) is 5.07. The maximum atomic E-state index is 13.6. The minimum Gasteiger partial charge on any atom is -0.495 e. The van der Waals surface area contributed by atoms with E-state index in [0.717, 1.165) is 0 Å². The molecular formula is C30H25ClN2O6. The van der Waals surface area contributed by atoms with Crippen molar-refractivity contribution < 1.29 is 24.2 Å². The van der Waals surface area contributed by atoms with Gasteiger partial charge in [0.15, 0.2) is 11.6 Å². The van der Waals surface area contributed by atoms with Crippen molar-refractivity contribution in [2.24, 2.45) is 0 Å². The molecule has 0 bridgehead atoms. The summed E-state index contributed by atoms with van der Waals surface area (Å²) in [5, 5.41) is 9.54. The van der Waals surface area contributed by atoms with Gasteiger partial charge in [0.1, 0.15) is 11.8 Å². The number of carbonyl (C=O) groups excluding carboxylic acids is 2. The monoisotopic (exact) mass is 544 g/mol. The summed E-state index contributed by atoms with van der Waals surface area (Å²) in [6.07, 6.45) is 3.18. The fourth-order valence-electron chi connectivity index (χ4n) is 4.36. The van der Waals surface area contributed by atoms with Gasteiger partial charge < -0.3 is 14.4 Å². The van der Waals surface area contributed by atoms with Crippen LogP contribution in [0.4, 0.5) is 0 Å². The summed E-state index contributed by atoms with van der Waals surface area (Å²) in [4.78, 5) is 54.9. The number of aromatic carboxylic acids is 1. The molecule has 8 nitrogen and oxygen atoms in total. The molecular weight excluding hydrogens is 520 g/mol. The van der Waals surface area contributed by atoms with E-state index in [4.69, 9.17) is 21.4 Å². The number of carboxylic acid groups (broad SMARTS) is 1. The molecule has 0 unspecified atom stereocenters. The van der Waals surface area contributed by atoms with Gasteiger partial charge in [-0.1, -0.05) is 29.8 Å². The van der Waals surface area contributed by atoms with Gasteiger partial charge in [0, 0.05) is 46.9 Å². The first kappa shape index (κ1) is 27.5. The second kappa shape index (κ2) is 11.9. The largest absolute Gasteiger partial charge is 0.495 e. The Balaban J connectivity index is 1.79. The molecule has 2 aromatic heterocycles. The highest BCUT2D eigenvalue weighted by molar-refractivity contribution is 6.31. The molecule has 2 heterocycles. The Bertz CT molecular complexity index is 1600. The summed E-state index contributed by atoms with van der Waals surface area (Å²) in [7, 11) is 1.44. The molecule has 0 aliphatic heterocycles. The zero-order valence-corrected chi connectivity index (χ0v) is 22.0. The Morgan fingerprint density at radius 1 is 1.03 bits per heavy atom. The van der Waals surface area contributed by atoms with Crippen LogP contribution < -0.4 is 10.3 Å². The van der Waals surface area contributed by atoms with E-state index >= 15 is 0 Å². The number of carbonyl (C=O) groups is 3. The van der Waals surface area contributed by atoms with Crippen LogP contribution in [0.25, 0.3) is 11.1 Å². The average Bonchev–Trinajstić information content (AvgIpc) is 2.92. The van der Waals surface area contributed by atoms with Gasteiger partial charge in [0.05, 0.1) is 18.9 Å². The lowest BCUT2D eigenvalue weighted by Gasteiger charge is -2.21. The third-order valence-electron chi connectivity index (χ3n) is 6.33. The number of pyridine rings is 2. The molecule has 0 saturated carbocycles. The van der Waals surface area contributed by atoms with Crippen LogP contribution in [0.15, 0.2) is 83.9 Å². The highest BCUT2D eigenvalue weighted by atomic mass is 35.5. The number of nitrogens with zero attached hydrogens (tertiary/aromatic N) is 2. The van der Waals surface area contributed by atoms with Crippen LogP contribution in [0.5, 0.6) is 5.75 Å². The van der Waals surface area contributed by atoms with Crippen molar-refractivity contribution in [2.45, 2.75) is 25.8 Å². The zero-order chi connectivity index (χ0) is 28.1. The molecule has 9 heteroatoms. The van der Waals surface area contributed by atoms with E-state index in [1.165, 1.54) is 43.0 Å². The quantitative estimate of drug-likeness (QED) is 0.277. The van der Waals surface area contributed by atoms with Gasteiger partial charge in [-0.3, -0.25) is 19.4 Å². The molecule has 0 amide bonds. The van der Waals surface area contributed by atoms with Crippen LogP contribution in [0, 0.1) is 0 Å². The van der Waals surface area contributed by atoms with Crippen LogP contribution in [0.2, 0.25) is 5.02 Å². The smallest absolute Gasteiger partial charge is 0.335 e. The lowest BCUT2D eigenvalue weighted by Crippen LogP contribution is -2.32. The van der Waals surface area contributed by atoms with Gasteiger partial charge in [0.25, 0.3) is 5.56 Å². The maximum absolute atomic E-state index is 13.6. The van der Waals surface area contributed by atoms with Crippen molar-refractivity contribution in [1.82, 2.24) is 9.55 Å². The van der Waals surface area contributed by atoms with E-state index in [0.29, 0.717) is 33.0 Å². The molecule has 2 aromatic carbocycles. The molecule has 4 rings (SSSR count). The maximum Gasteiger partial charge on any atom is 0.335 e. The second-order valence-electron chi connectivity index (χ2n) is 8.93. The van der Waals surface area contributed by atoms with Gasteiger partial charge in [-0.15, -0.1) is 0 Å².